The van der Waals surface area contributed by atoms with E-state index in [2.05, 4.69) is 10.4 Å². The summed E-state index contributed by atoms with van der Waals surface area (Å²) >= 11 is 0. The molecule has 0 aliphatic rings. The van der Waals surface area contributed by atoms with Gasteiger partial charge < -0.3 is 14.8 Å². The second-order valence-corrected chi connectivity index (χ2v) is 3.60. The number of aliphatic hydroxyl groups excluding tert-OH is 1. The molecule has 0 aliphatic carbocycles. The number of aliphatic hydroxyl groups is 1. The van der Waals surface area contributed by atoms with Crippen LogP contribution >= 0.6 is 0 Å². The Morgan fingerprint density at radius 2 is 2.44 bits per heavy atom. The van der Waals surface area contributed by atoms with Gasteiger partial charge in [-0.3, -0.25) is 0 Å². The van der Waals surface area contributed by atoms with Crippen molar-refractivity contribution in [2.45, 2.75) is 20.0 Å². The Morgan fingerprint density at radius 1 is 1.56 bits per heavy atom. The molecular formula is C11H15N3O2. The summed E-state index contributed by atoms with van der Waals surface area (Å²) in [5.41, 5.74) is 2.01. The highest BCUT2D eigenvalue weighted by atomic mass is 16.3. The van der Waals surface area contributed by atoms with Crippen molar-refractivity contribution >= 4 is 5.82 Å². The number of anilines is 1. The summed E-state index contributed by atoms with van der Waals surface area (Å²) in [6.45, 7) is 3.20. The Balaban J connectivity index is 2.02. The molecule has 0 bridgehead atoms. The molecule has 0 saturated heterocycles. The zero-order valence-corrected chi connectivity index (χ0v) is 9.18. The first-order valence-corrected chi connectivity index (χ1v) is 5.20. The Morgan fingerprint density at radius 3 is 3.12 bits per heavy atom. The number of nitrogens with zero attached hydrogens (tertiary/aromatic N) is 2. The largest absolute Gasteiger partial charge is 0.472 e. The molecule has 2 aromatic rings. The van der Waals surface area contributed by atoms with Crippen molar-refractivity contribution in [1.29, 1.82) is 0 Å². The molecule has 0 aliphatic heterocycles. The van der Waals surface area contributed by atoms with Crippen molar-refractivity contribution in [3.63, 3.8) is 0 Å². The van der Waals surface area contributed by atoms with Crippen LogP contribution in [0.3, 0.4) is 0 Å². The van der Waals surface area contributed by atoms with Gasteiger partial charge in [-0.25, -0.2) is 4.68 Å². The fourth-order valence-electron chi connectivity index (χ4n) is 1.54. The van der Waals surface area contributed by atoms with Gasteiger partial charge in [-0.05, 0) is 13.0 Å². The van der Waals surface area contributed by atoms with Crippen LogP contribution in [0.15, 0.2) is 29.1 Å². The van der Waals surface area contributed by atoms with Crippen LogP contribution in [0, 0.1) is 6.92 Å². The van der Waals surface area contributed by atoms with Crippen LogP contribution in [-0.4, -0.2) is 21.5 Å². The summed E-state index contributed by atoms with van der Waals surface area (Å²) in [6.07, 6.45) is 3.35. The Kier molecular flexibility index (Phi) is 3.26. The van der Waals surface area contributed by atoms with Gasteiger partial charge in [-0.1, -0.05) is 0 Å². The van der Waals surface area contributed by atoms with Crippen LogP contribution < -0.4 is 5.32 Å². The summed E-state index contributed by atoms with van der Waals surface area (Å²) in [5, 5.41) is 16.4. The molecule has 5 nitrogen and oxygen atoms in total. The highest BCUT2D eigenvalue weighted by Gasteiger charge is 2.04. The summed E-state index contributed by atoms with van der Waals surface area (Å²) in [5.74, 6) is 0.910. The van der Waals surface area contributed by atoms with E-state index in [4.69, 9.17) is 9.52 Å². The third-order valence-corrected chi connectivity index (χ3v) is 2.27. The van der Waals surface area contributed by atoms with Crippen molar-refractivity contribution < 1.29 is 9.52 Å². The summed E-state index contributed by atoms with van der Waals surface area (Å²) in [7, 11) is 0. The average molecular weight is 221 g/mol. The van der Waals surface area contributed by atoms with E-state index in [-0.39, 0.29) is 6.61 Å². The molecule has 0 radical (unpaired) electrons. The minimum Gasteiger partial charge on any atom is -0.472 e. The summed E-state index contributed by atoms with van der Waals surface area (Å²) < 4.78 is 6.74. The van der Waals surface area contributed by atoms with Gasteiger partial charge in [0.1, 0.15) is 5.82 Å². The van der Waals surface area contributed by atoms with E-state index in [9.17, 15) is 0 Å². The van der Waals surface area contributed by atoms with E-state index in [1.807, 2.05) is 19.1 Å². The predicted octanol–water partition coefficient (Wildman–Crippen LogP) is 1.39. The maximum atomic E-state index is 8.90. The van der Waals surface area contributed by atoms with Crippen molar-refractivity contribution in [2.75, 3.05) is 11.9 Å². The van der Waals surface area contributed by atoms with E-state index in [1.54, 1.807) is 17.2 Å². The highest BCUT2D eigenvalue weighted by Crippen LogP contribution is 2.11. The van der Waals surface area contributed by atoms with Crippen LogP contribution in [0.1, 0.15) is 11.3 Å². The third kappa shape index (κ3) is 2.43. The number of aromatic nitrogens is 2. The second-order valence-electron chi connectivity index (χ2n) is 3.60. The first-order chi connectivity index (χ1) is 7.79. The fraction of sp³-hybridized carbons (Fsp3) is 0.364. The van der Waals surface area contributed by atoms with Crippen LogP contribution in [0.4, 0.5) is 5.82 Å². The van der Waals surface area contributed by atoms with Gasteiger partial charge >= 0.3 is 0 Å². The molecule has 0 aromatic carbocycles. The van der Waals surface area contributed by atoms with Crippen molar-refractivity contribution in [1.82, 2.24) is 9.78 Å². The van der Waals surface area contributed by atoms with Crippen LogP contribution in [0.2, 0.25) is 0 Å². The molecule has 2 aromatic heterocycles. The molecule has 0 fully saturated rings. The number of rotatable bonds is 5. The Labute approximate surface area is 93.7 Å². The van der Waals surface area contributed by atoms with Crippen LogP contribution in [0.25, 0.3) is 0 Å². The SMILES string of the molecule is Cc1cc(NCc2ccoc2)n(CCO)n1. The molecule has 0 saturated carbocycles. The monoisotopic (exact) mass is 221 g/mol. The molecule has 2 rings (SSSR count). The maximum Gasteiger partial charge on any atom is 0.124 e. The predicted molar refractivity (Wildman–Crippen MR) is 60.1 cm³/mol. The Bertz CT molecular complexity index is 434. The zero-order valence-electron chi connectivity index (χ0n) is 9.18. The number of hydrogen-bond acceptors (Lipinski definition) is 4. The zero-order chi connectivity index (χ0) is 11.4. The first-order valence-electron chi connectivity index (χ1n) is 5.20. The van der Waals surface area contributed by atoms with Crippen LogP contribution in [-0.2, 0) is 13.1 Å². The summed E-state index contributed by atoms with van der Waals surface area (Å²) in [6, 6.07) is 3.86. The van der Waals surface area contributed by atoms with Gasteiger partial charge in [0.25, 0.3) is 0 Å². The Hall–Kier alpha value is -1.75. The molecule has 0 unspecified atom stereocenters. The van der Waals surface area contributed by atoms with Gasteiger partial charge in [0.15, 0.2) is 0 Å². The lowest BCUT2D eigenvalue weighted by Crippen LogP contribution is -2.09. The molecule has 2 N–H and O–H groups in total. The smallest absolute Gasteiger partial charge is 0.124 e. The lowest BCUT2D eigenvalue weighted by atomic mass is 10.3. The fourth-order valence-corrected chi connectivity index (χ4v) is 1.54. The van der Waals surface area contributed by atoms with E-state index >= 15 is 0 Å². The maximum absolute atomic E-state index is 8.90. The van der Waals surface area contributed by atoms with E-state index in [0.29, 0.717) is 13.1 Å². The number of hydrogen-bond donors (Lipinski definition) is 2. The molecule has 5 heteroatoms. The lowest BCUT2D eigenvalue weighted by molar-refractivity contribution is 0.270. The molecule has 2 heterocycles. The quantitative estimate of drug-likeness (QED) is 0.800. The molecular weight excluding hydrogens is 206 g/mol. The van der Waals surface area contributed by atoms with Crippen molar-refractivity contribution in [2.24, 2.45) is 0 Å². The summed E-state index contributed by atoms with van der Waals surface area (Å²) in [4.78, 5) is 0. The minimum absolute atomic E-state index is 0.0848. The molecule has 86 valence electrons. The molecule has 0 spiro atoms. The highest BCUT2D eigenvalue weighted by molar-refractivity contribution is 5.37. The normalized spacial score (nSPS) is 10.6. The second kappa shape index (κ2) is 4.85. The number of aryl methyl sites for hydroxylation is 1. The van der Waals surface area contributed by atoms with Crippen LogP contribution in [0.5, 0.6) is 0 Å². The average Bonchev–Trinajstić information content (AvgIpc) is 2.86. The molecule has 16 heavy (non-hydrogen) atoms. The molecule has 0 atom stereocenters. The van der Waals surface area contributed by atoms with Gasteiger partial charge in [-0.15, -0.1) is 0 Å². The van der Waals surface area contributed by atoms with E-state index in [0.717, 1.165) is 17.1 Å². The van der Waals surface area contributed by atoms with Gasteiger partial charge in [0.2, 0.25) is 0 Å². The molecule has 0 amide bonds. The van der Waals surface area contributed by atoms with Gasteiger partial charge in [0.05, 0.1) is 31.4 Å². The van der Waals surface area contributed by atoms with E-state index < -0.39 is 0 Å². The lowest BCUT2D eigenvalue weighted by Gasteiger charge is -2.07. The van der Waals surface area contributed by atoms with E-state index in [1.165, 1.54) is 0 Å². The minimum atomic E-state index is 0.0848. The first kappa shape index (κ1) is 10.8. The van der Waals surface area contributed by atoms with Crippen molar-refractivity contribution in [3.8, 4) is 0 Å². The van der Waals surface area contributed by atoms with Gasteiger partial charge in [-0.2, -0.15) is 5.10 Å². The standard InChI is InChI=1S/C11H15N3O2/c1-9-6-11(14(13-9)3-4-15)12-7-10-2-5-16-8-10/h2,5-6,8,12,15H,3-4,7H2,1H3. The topological polar surface area (TPSA) is 63.2 Å². The third-order valence-electron chi connectivity index (χ3n) is 2.27. The number of nitrogens with one attached hydrogen (secondary N) is 1. The number of furan rings is 1. The van der Waals surface area contributed by atoms with Crippen molar-refractivity contribution in [3.05, 3.63) is 35.9 Å². The van der Waals surface area contributed by atoms with Gasteiger partial charge in [0, 0.05) is 18.2 Å².